The maximum Gasteiger partial charge on any atom is 0.233 e. The van der Waals surface area contributed by atoms with Crippen LogP contribution in [0.25, 0.3) is 0 Å². The van der Waals surface area contributed by atoms with Crippen molar-refractivity contribution in [1.29, 1.82) is 0 Å². The molecule has 0 spiro atoms. The lowest BCUT2D eigenvalue weighted by atomic mass is 9.72. The summed E-state index contributed by atoms with van der Waals surface area (Å²) in [6.45, 7) is 3.81. The third-order valence-corrected chi connectivity index (χ3v) is 6.69. The Kier molecular flexibility index (Phi) is 5.02. The zero-order chi connectivity index (χ0) is 20.6. The smallest absolute Gasteiger partial charge is 0.233 e. The zero-order valence-corrected chi connectivity index (χ0v) is 17.1. The van der Waals surface area contributed by atoms with E-state index in [1.54, 1.807) is 0 Å². The van der Waals surface area contributed by atoms with Gasteiger partial charge in [-0.3, -0.25) is 9.59 Å². The van der Waals surface area contributed by atoms with Crippen LogP contribution < -0.4 is 0 Å². The van der Waals surface area contributed by atoms with Crippen LogP contribution >= 0.6 is 0 Å². The summed E-state index contributed by atoms with van der Waals surface area (Å²) in [6, 6.07) is 10.2. The first kappa shape index (κ1) is 19.2. The van der Waals surface area contributed by atoms with Crippen molar-refractivity contribution in [3.8, 4) is 0 Å². The molecule has 158 valence electrons. The molecule has 1 aromatic heterocycles. The summed E-state index contributed by atoms with van der Waals surface area (Å²) in [4.78, 5) is 29.1. The Hall–Kier alpha value is -2.74. The number of rotatable bonds is 5. The molecule has 0 bridgehead atoms. The highest BCUT2D eigenvalue weighted by Crippen LogP contribution is 2.39. The highest BCUT2D eigenvalue weighted by molar-refractivity contribution is 5.89. The quantitative estimate of drug-likeness (QED) is 0.748. The lowest BCUT2D eigenvalue weighted by molar-refractivity contribution is -0.147. The number of carbonyl (C=O) groups excluding carboxylic acids is 2. The summed E-state index contributed by atoms with van der Waals surface area (Å²) in [6.07, 6.45) is 4.89. The largest absolute Gasteiger partial charge is 0.381 e. The molecular formula is C22H27N5O3. The summed E-state index contributed by atoms with van der Waals surface area (Å²) in [5.74, 6) is 0.379. The van der Waals surface area contributed by atoms with E-state index < -0.39 is 5.41 Å². The number of likely N-dealkylation sites (tertiary alicyclic amines) is 2. The third-order valence-electron chi connectivity index (χ3n) is 6.69. The molecule has 0 N–H and O–H groups in total. The first-order valence-electron chi connectivity index (χ1n) is 10.8. The monoisotopic (exact) mass is 409 g/mol. The van der Waals surface area contributed by atoms with E-state index in [9.17, 15) is 9.59 Å². The van der Waals surface area contributed by atoms with E-state index in [4.69, 9.17) is 4.74 Å². The summed E-state index contributed by atoms with van der Waals surface area (Å²) in [5.41, 5.74) is 1.40. The molecule has 3 aliphatic heterocycles. The summed E-state index contributed by atoms with van der Waals surface area (Å²) >= 11 is 0. The number of benzene rings is 1. The molecule has 0 unspecified atom stereocenters. The number of amides is 2. The average Bonchev–Trinajstić information content (AvgIpc) is 3.37. The minimum absolute atomic E-state index is 0.136. The highest BCUT2D eigenvalue weighted by atomic mass is 16.5. The number of carbonyl (C=O) groups is 2. The van der Waals surface area contributed by atoms with Crippen LogP contribution in [0, 0.1) is 0 Å². The third kappa shape index (κ3) is 3.39. The minimum atomic E-state index is -0.492. The van der Waals surface area contributed by atoms with Gasteiger partial charge < -0.3 is 14.5 Å². The fourth-order valence-corrected chi connectivity index (χ4v) is 4.83. The molecule has 5 rings (SSSR count). The van der Waals surface area contributed by atoms with Gasteiger partial charge in [-0.15, -0.1) is 5.10 Å². The molecule has 8 heteroatoms. The number of nitrogens with zero attached hydrogens (tertiary/aromatic N) is 5. The van der Waals surface area contributed by atoms with Crippen LogP contribution in [0.1, 0.15) is 43.0 Å². The van der Waals surface area contributed by atoms with Crippen molar-refractivity contribution in [2.24, 2.45) is 0 Å². The van der Waals surface area contributed by atoms with Crippen molar-refractivity contribution in [3.63, 3.8) is 0 Å². The Balaban J connectivity index is 1.25. The lowest BCUT2D eigenvalue weighted by Gasteiger charge is -2.46. The van der Waals surface area contributed by atoms with Gasteiger partial charge in [0, 0.05) is 39.3 Å². The van der Waals surface area contributed by atoms with E-state index in [1.165, 1.54) is 0 Å². The average molecular weight is 409 g/mol. The van der Waals surface area contributed by atoms with E-state index >= 15 is 0 Å². The highest BCUT2D eigenvalue weighted by Gasteiger charge is 2.47. The van der Waals surface area contributed by atoms with Crippen LogP contribution in [0.2, 0.25) is 0 Å². The van der Waals surface area contributed by atoms with Gasteiger partial charge in [0.25, 0.3) is 0 Å². The molecule has 30 heavy (non-hydrogen) atoms. The maximum atomic E-state index is 13.5. The summed E-state index contributed by atoms with van der Waals surface area (Å²) < 4.78 is 7.41. The SMILES string of the molecule is O=C1CCCN1Cc1cn(C2CN(C(=O)C3(c4ccccc4)CCOCC3)C2)nn1. The molecule has 2 aromatic rings. The van der Waals surface area contributed by atoms with E-state index in [2.05, 4.69) is 22.4 Å². The Labute approximate surface area is 175 Å². The standard InChI is InChI=1S/C22H27N5O3/c28-20-7-4-10-25(20)13-18-14-27(24-23-18)19-15-26(16-19)21(29)22(8-11-30-12-9-22)17-5-2-1-3-6-17/h1-3,5-6,14,19H,4,7-13,15-16H2. The van der Waals surface area contributed by atoms with Crippen molar-refractivity contribution in [2.45, 2.75) is 43.7 Å². The number of ether oxygens (including phenoxy) is 1. The maximum absolute atomic E-state index is 13.5. The van der Waals surface area contributed by atoms with E-state index in [0.717, 1.165) is 24.2 Å². The van der Waals surface area contributed by atoms with Crippen molar-refractivity contribution in [2.75, 3.05) is 32.8 Å². The van der Waals surface area contributed by atoms with Crippen molar-refractivity contribution < 1.29 is 14.3 Å². The van der Waals surface area contributed by atoms with Gasteiger partial charge in [-0.2, -0.15) is 0 Å². The van der Waals surface area contributed by atoms with Gasteiger partial charge in [-0.05, 0) is 24.8 Å². The Morgan fingerprint density at radius 1 is 1.17 bits per heavy atom. The van der Waals surface area contributed by atoms with Crippen molar-refractivity contribution in [3.05, 3.63) is 47.8 Å². The minimum Gasteiger partial charge on any atom is -0.381 e. The molecule has 4 heterocycles. The molecule has 3 aliphatic rings. The molecule has 0 saturated carbocycles. The fraction of sp³-hybridized carbons (Fsp3) is 0.545. The molecule has 0 radical (unpaired) electrons. The second kappa shape index (κ2) is 7.83. The van der Waals surface area contributed by atoms with Gasteiger partial charge in [0.15, 0.2) is 0 Å². The molecule has 1 aromatic carbocycles. The second-order valence-corrected chi connectivity index (χ2v) is 8.53. The van der Waals surface area contributed by atoms with Gasteiger partial charge >= 0.3 is 0 Å². The van der Waals surface area contributed by atoms with Gasteiger partial charge in [-0.25, -0.2) is 4.68 Å². The van der Waals surface area contributed by atoms with Crippen LogP contribution in [-0.4, -0.2) is 69.5 Å². The van der Waals surface area contributed by atoms with Crippen LogP contribution in [0.15, 0.2) is 36.5 Å². The van der Waals surface area contributed by atoms with E-state index in [0.29, 0.717) is 52.1 Å². The molecule has 0 atom stereocenters. The van der Waals surface area contributed by atoms with Gasteiger partial charge in [0.2, 0.25) is 11.8 Å². The van der Waals surface area contributed by atoms with Crippen LogP contribution in [0.3, 0.4) is 0 Å². The Morgan fingerprint density at radius 3 is 2.63 bits per heavy atom. The van der Waals surface area contributed by atoms with Crippen molar-refractivity contribution in [1.82, 2.24) is 24.8 Å². The van der Waals surface area contributed by atoms with Gasteiger partial charge in [0.1, 0.15) is 5.69 Å². The van der Waals surface area contributed by atoms with Crippen LogP contribution in [-0.2, 0) is 26.3 Å². The van der Waals surface area contributed by atoms with E-state index in [1.807, 2.05) is 38.9 Å². The first-order valence-corrected chi connectivity index (χ1v) is 10.8. The lowest BCUT2D eigenvalue weighted by Crippen LogP contribution is -2.58. The van der Waals surface area contributed by atoms with Crippen molar-refractivity contribution >= 4 is 11.8 Å². The number of hydrogen-bond acceptors (Lipinski definition) is 5. The summed E-state index contributed by atoms with van der Waals surface area (Å²) in [7, 11) is 0. The predicted molar refractivity (Wildman–Crippen MR) is 108 cm³/mol. The second-order valence-electron chi connectivity index (χ2n) is 8.53. The van der Waals surface area contributed by atoms with Gasteiger partial charge in [-0.1, -0.05) is 35.5 Å². The molecule has 0 aliphatic carbocycles. The molecular weight excluding hydrogens is 382 g/mol. The van der Waals surface area contributed by atoms with Crippen LogP contribution in [0.4, 0.5) is 0 Å². The first-order chi connectivity index (χ1) is 14.7. The van der Waals surface area contributed by atoms with E-state index in [-0.39, 0.29) is 17.9 Å². The predicted octanol–water partition coefficient (Wildman–Crippen LogP) is 1.53. The normalized spacial score (nSPS) is 21.7. The fourth-order valence-electron chi connectivity index (χ4n) is 4.83. The zero-order valence-electron chi connectivity index (χ0n) is 17.1. The van der Waals surface area contributed by atoms with Gasteiger partial charge in [0.05, 0.1) is 24.2 Å². The Bertz CT molecular complexity index is 916. The Morgan fingerprint density at radius 2 is 1.93 bits per heavy atom. The number of aromatic nitrogens is 3. The summed E-state index contributed by atoms with van der Waals surface area (Å²) in [5, 5.41) is 8.49. The van der Waals surface area contributed by atoms with Crippen LogP contribution in [0.5, 0.6) is 0 Å². The molecule has 3 fully saturated rings. The molecule has 8 nitrogen and oxygen atoms in total. The molecule has 2 amide bonds. The topological polar surface area (TPSA) is 80.6 Å². The molecule has 3 saturated heterocycles. The number of hydrogen-bond donors (Lipinski definition) is 0.